The zero-order valence-corrected chi connectivity index (χ0v) is 11.0. The summed E-state index contributed by atoms with van der Waals surface area (Å²) in [5, 5.41) is 5.61. The van der Waals surface area contributed by atoms with Crippen LogP contribution in [0.15, 0.2) is 29.6 Å². The van der Waals surface area contributed by atoms with Gasteiger partial charge in [-0.2, -0.15) is 0 Å². The third-order valence-corrected chi connectivity index (χ3v) is 3.45. The average Bonchev–Trinajstić information content (AvgIpc) is 2.80. The zero-order chi connectivity index (χ0) is 13.0. The van der Waals surface area contributed by atoms with E-state index in [2.05, 4.69) is 10.3 Å². The Morgan fingerprint density at radius 2 is 2.22 bits per heavy atom. The SMILES string of the molecule is Cc1ccccc1NC(=O)Cc1csc(CN)n1. The van der Waals surface area contributed by atoms with Gasteiger partial charge in [-0.15, -0.1) is 11.3 Å². The van der Waals surface area contributed by atoms with Crippen molar-refractivity contribution in [2.45, 2.75) is 19.9 Å². The van der Waals surface area contributed by atoms with Gasteiger partial charge in [0, 0.05) is 17.6 Å². The molecule has 0 aliphatic carbocycles. The maximum Gasteiger partial charge on any atom is 0.230 e. The van der Waals surface area contributed by atoms with E-state index in [1.807, 2.05) is 36.6 Å². The molecule has 0 bridgehead atoms. The van der Waals surface area contributed by atoms with E-state index in [9.17, 15) is 4.79 Å². The molecule has 4 nitrogen and oxygen atoms in total. The topological polar surface area (TPSA) is 68.0 Å². The zero-order valence-electron chi connectivity index (χ0n) is 10.1. The number of nitrogens with two attached hydrogens (primary N) is 1. The van der Waals surface area contributed by atoms with Crippen LogP contribution in [-0.4, -0.2) is 10.9 Å². The number of rotatable bonds is 4. The van der Waals surface area contributed by atoms with Gasteiger partial charge < -0.3 is 11.1 Å². The van der Waals surface area contributed by atoms with Crippen LogP contribution in [0.5, 0.6) is 0 Å². The third-order valence-electron chi connectivity index (χ3n) is 2.53. The maximum absolute atomic E-state index is 11.9. The molecule has 2 aromatic rings. The summed E-state index contributed by atoms with van der Waals surface area (Å²) in [6.45, 7) is 2.38. The molecule has 5 heteroatoms. The smallest absolute Gasteiger partial charge is 0.230 e. The molecular formula is C13H15N3OS. The first kappa shape index (κ1) is 12.7. The fourth-order valence-electron chi connectivity index (χ4n) is 1.60. The molecule has 18 heavy (non-hydrogen) atoms. The lowest BCUT2D eigenvalue weighted by atomic mass is 10.2. The van der Waals surface area contributed by atoms with E-state index in [-0.39, 0.29) is 12.3 Å². The number of amides is 1. The minimum Gasteiger partial charge on any atom is -0.326 e. The number of aryl methyl sites for hydroxylation is 1. The summed E-state index contributed by atoms with van der Waals surface area (Å²) in [4.78, 5) is 16.1. The van der Waals surface area contributed by atoms with Crippen molar-refractivity contribution in [1.82, 2.24) is 4.98 Å². The van der Waals surface area contributed by atoms with Gasteiger partial charge >= 0.3 is 0 Å². The van der Waals surface area contributed by atoms with E-state index in [0.717, 1.165) is 22.0 Å². The summed E-state index contributed by atoms with van der Waals surface area (Å²) >= 11 is 1.48. The van der Waals surface area contributed by atoms with Crippen LogP contribution in [0.1, 0.15) is 16.3 Å². The van der Waals surface area contributed by atoms with E-state index >= 15 is 0 Å². The van der Waals surface area contributed by atoms with Gasteiger partial charge in [0.2, 0.25) is 5.91 Å². The van der Waals surface area contributed by atoms with Gasteiger partial charge in [-0.1, -0.05) is 18.2 Å². The van der Waals surface area contributed by atoms with E-state index in [4.69, 9.17) is 5.73 Å². The number of hydrogen-bond donors (Lipinski definition) is 2. The Bertz CT molecular complexity index is 551. The normalized spacial score (nSPS) is 10.3. The second-order valence-electron chi connectivity index (χ2n) is 3.98. The van der Waals surface area contributed by atoms with Gasteiger partial charge in [-0.3, -0.25) is 4.79 Å². The van der Waals surface area contributed by atoms with Crippen molar-refractivity contribution < 1.29 is 4.79 Å². The van der Waals surface area contributed by atoms with Crippen molar-refractivity contribution in [3.05, 3.63) is 45.9 Å². The van der Waals surface area contributed by atoms with Gasteiger partial charge in [0.15, 0.2) is 0 Å². The minimum absolute atomic E-state index is 0.0572. The second-order valence-corrected chi connectivity index (χ2v) is 4.92. The van der Waals surface area contributed by atoms with Crippen LogP contribution >= 0.6 is 11.3 Å². The molecule has 1 amide bonds. The number of hydrogen-bond acceptors (Lipinski definition) is 4. The summed E-state index contributed by atoms with van der Waals surface area (Å²) in [7, 11) is 0. The first-order valence-corrected chi connectivity index (χ1v) is 6.56. The van der Waals surface area contributed by atoms with Crippen LogP contribution in [0, 0.1) is 6.92 Å². The molecular weight excluding hydrogens is 246 g/mol. The number of anilines is 1. The van der Waals surface area contributed by atoms with E-state index < -0.39 is 0 Å². The number of nitrogens with zero attached hydrogens (tertiary/aromatic N) is 1. The van der Waals surface area contributed by atoms with Gasteiger partial charge in [0.05, 0.1) is 12.1 Å². The molecule has 0 saturated heterocycles. The van der Waals surface area contributed by atoms with Gasteiger partial charge in [-0.25, -0.2) is 4.98 Å². The Balaban J connectivity index is 1.99. The van der Waals surface area contributed by atoms with Crippen LogP contribution in [0.4, 0.5) is 5.69 Å². The molecule has 0 fully saturated rings. The van der Waals surface area contributed by atoms with Crippen molar-refractivity contribution in [2.75, 3.05) is 5.32 Å². The van der Waals surface area contributed by atoms with Crippen LogP contribution in [0.25, 0.3) is 0 Å². The highest BCUT2D eigenvalue weighted by Crippen LogP contribution is 2.14. The highest BCUT2D eigenvalue weighted by Gasteiger charge is 2.08. The number of aromatic nitrogens is 1. The lowest BCUT2D eigenvalue weighted by molar-refractivity contribution is -0.115. The fourth-order valence-corrected chi connectivity index (χ4v) is 2.27. The van der Waals surface area contributed by atoms with Crippen LogP contribution in [-0.2, 0) is 17.8 Å². The average molecular weight is 261 g/mol. The summed E-state index contributed by atoms with van der Waals surface area (Å²) in [5.41, 5.74) is 8.15. The summed E-state index contributed by atoms with van der Waals surface area (Å²) in [6.07, 6.45) is 0.283. The third kappa shape index (κ3) is 3.15. The van der Waals surface area contributed by atoms with Crippen LogP contribution < -0.4 is 11.1 Å². The molecule has 0 saturated carbocycles. The molecule has 1 heterocycles. The molecule has 1 aromatic carbocycles. The first-order chi connectivity index (χ1) is 8.69. The predicted molar refractivity (Wildman–Crippen MR) is 73.5 cm³/mol. The largest absolute Gasteiger partial charge is 0.326 e. The summed E-state index contributed by atoms with van der Waals surface area (Å²) in [6, 6.07) is 7.70. The Morgan fingerprint density at radius 3 is 2.89 bits per heavy atom. The van der Waals surface area contributed by atoms with E-state index in [1.54, 1.807) is 0 Å². The Labute approximate surface area is 110 Å². The molecule has 0 radical (unpaired) electrons. The van der Waals surface area contributed by atoms with Gasteiger partial charge in [-0.05, 0) is 18.6 Å². The number of carbonyl (C=O) groups excluding carboxylic acids is 1. The number of thiazole rings is 1. The van der Waals surface area contributed by atoms with Crippen molar-refractivity contribution in [2.24, 2.45) is 5.73 Å². The van der Waals surface area contributed by atoms with E-state index in [0.29, 0.717) is 6.54 Å². The molecule has 94 valence electrons. The van der Waals surface area contributed by atoms with Crippen molar-refractivity contribution >= 4 is 22.9 Å². The van der Waals surface area contributed by atoms with Gasteiger partial charge in [0.1, 0.15) is 5.01 Å². The quantitative estimate of drug-likeness (QED) is 0.885. The monoisotopic (exact) mass is 261 g/mol. The fraction of sp³-hybridized carbons (Fsp3) is 0.231. The molecule has 0 aliphatic heterocycles. The highest BCUT2D eigenvalue weighted by molar-refractivity contribution is 7.09. The Kier molecular flexibility index (Phi) is 4.07. The lowest BCUT2D eigenvalue weighted by Gasteiger charge is -2.06. The first-order valence-electron chi connectivity index (χ1n) is 5.68. The Morgan fingerprint density at radius 1 is 1.44 bits per heavy atom. The van der Waals surface area contributed by atoms with Crippen LogP contribution in [0.2, 0.25) is 0 Å². The molecule has 3 N–H and O–H groups in total. The maximum atomic E-state index is 11.9. The predicted octanol–water partition coefficient (Wildman–Crippen LogP) is 2.09. The Hall–Kier alpha value is -1.72. The lowest BCUT2D eigenvalue weighted by Crippen LogP contribution is -2.15. The molecule has 2 rings (SSSR count). The van der Waals surface area contributed by atoms with E-state index in [1.165, 1.54) is 11.3 Å². The van der Waals surface area contributed by atoms with Crippen molar-refractivity contribution in [3.8, 4) is 0 Å². The summed E-state index contributed by atoms with van der Waals surface area (Å²) in [5.74, 6) is -0.0572. The molecule has 0 spiro atoms. The standard InChI is InChI=1S/C13H15N3OS/c1-9-4-2-3-5-11(9)16-12(17)6-10-8-18-13(7-14)15-10/h2-5,8H,6-7,14H2,1H3,(H,16,17). The van der Waals surface area contributed by atoms with Gasteiger partial charge in [0.25, 0.3) is 0 Å². The molecule has 0 atom stereocenters. The summed E-state index contributed by atoms with van der Waals surface area (Å²) < 4.78 is 0. The van der Waals surface area contributed by atoms with Crippen molar-refractivity contribution in [3.63, 3.8) is 0 Å². The number of nitrogens with one attached hydrogen (secondary N) is 1. The minimum atomic E-state index is -0.0572. The number of para-hydroxylation sites is 1. The second kappa shape index (κ2) is 5.75. The molecule has 1 aromatic heterocycles. The number of benzene rings is 1. The van der Waals surface area contributed by atoms with Crippen LogP contribution in [0.3, 0.4) is 0 Å². The highest BCUT2D eigenvalue weighted by atomic mass is 32.1. The molecule has 0 aliphatic rings. The molecule has 0 unspecified atom stereocenters. The number of carbonyl (C=O) groups is 1. The van der Waals surface area contributed by atoms with Crippen molar-refractivity contribution in [1.29, 1.82) is 0 Å².